The van der Waals surface area contributed by atoms with E-state index in [2.05, 4.69) is 31.8 Å². The van der Waals surface area contributed by atoms with Crippen LogP contribution in [-0.4, -0.2) is 17.4 Å². The molecule has 2 aromatic rings. The highest BCUT2D eigenvalue weighted by Crippen LogP contribution is 2.48. The van der Waals surface area contributed by atoms with Crippen LogP contribution in [-0.2, 0) is 9.59 Å². The summed E-state index contributed by atoms with van der Waals surface area (Å²) in [4.78, 5) is 27.8. The maximum absolute atomic E-state index is 13.2. The van der Waals surface area contributed by atoms with Crippen LogP contribution in [0.5, 0.6) is 0 Å². The van der Waals surface area contributed by atoms with Crippen molar-refractivity contribution < 1.29 is 14.0 Å². The van der Waals surface area contributed by atoms with Crippen LogP contribution in [0.15, 0.2) is 58.3 Å². The van der Waals surface area contributed by atoms with Gasteiger partial charge in [0.15, 0.2) is 5.78 Å². The average molecular weight is 382 g/mol. The zero-order chi connectivity index (χ0) is 19.2. The Labute approximate surface area is 163 Å². The highest BCUT2D eigenvalue weighted by atomic mass is 32.1. The van der Waals surface area contributed by atoms with Crippen molar-refractivity contribution in [3.63, 3.8) is 0 Å². The Bertz CT molecular complexity index is 931. The van der Waals surface area contributed by atoms with Gasteiger partial charge in [0, 0.05) is 17.7 Å². The fraction of sp³-hybridized carbons (Fsp3) is 0.333. The van der Waals surface area contributed by atoms with Gasteiger partial charge in [-0.05, 0) is 36.1 Å². The number of benzene rings is 1. The van der Waals surface area contributed by atoms with Crippen LogP contribution in [0.25, 0.3) is 0 Å². The molecule has 1 amide bonds. The van der Waals surface area contributed by atoms with E-state index in [-0.39, 0.29) is 22.9 Å². The minimum absolute atomic E-state index is 0.0356. The van der Waals surface area contributed by atoms with E-state index in [1.54, 1.807) is 17.2 Å². The molecule has 2 aliphatic rings. The van der Waals surface area contributed by atoms with Crippen molar-refractivity contribution in [2.45, 2.75) is 32.7 Å². The molecule has 2 heterocycles. The van der Waals surface area contributed by atoms with Crippen molar-refractivity contribution in [2.24, 2.45) is 5.41 Å². The largest absolute Gasteiger partial charge is 0.467 e. The third kappa shape index (κ3) is 3.08. The van der Waals surface area contributed by atoms with Crippen molar-refractivity contribution in [1.82, 2.24) is 0 Å². The van der Waals surface area contributed by atoms with Crippen molar-refractivity contribution in [3.05, 3.63) is 59.7 Å². The number of allylic oxidation sites excluding steroid dienone is 1. The molecule has 0 saturated heterocycles. The number of carbonyl (C=O) groups excluding carboxylic acids is 2. The maximum atomic E-state index is 13.2. The van der Waals surface area contributed by atoms with Gasteiger partial charge in [0.1, 0.15) is 11.8 Å². The zero-order valence-electron chi connectivity index (χ0n) is 15.4. The van der Waals surface area contributed by atoms with Gasteiger partial charge in [0.2, 0.25) is 5.91 Å². The van der Waals surface area contributed by atoms with Crippen LogP contribution in [0.3, 0.4) is 0 Å². The molecule has 0 bridgehead atoms. The van der Waals surface area contributed by atoms with Gasteiger partial charge in [0.05, 0.1) is 23.4 Å². The van der Waals surface area contributed by atoms with E-state index in [1.807, 2.05) is 30.3 Å². The summed E-state index contributed by atoms with van der Waals surface area (Å²) in [6, 6.07) is 10.6. The Morgan fingerprint density at radius 3 is 2.74 bits per heavy atom. The summed E-state index contributed by atoms with van der Waals surface area (Å²) in [6.45, 7) is 4.18. The van der Waals surface area contributed by atoms with Crippen LogP contribution >= 0.6 is 12.6 Å². The third-order valence-electron chi connectivity index (χ3n) is 5.12. The fourth-order valence-electron chi connectivity index (χ4n) is 4.05. The number of nitrogens with one attached hydrogen (secondary N) is 1. The van der Waals surface area contributed by atoms with Crippen LogP contribution in [0.4, 0.5) is 11.4 Å². The second-order valence-corrected chi connectivity index (χ2v) is 8.13. The summed E-state index contributed by atoms with van der Waals surface area (Å²) >= 11 is 4.22. The monoisotopic (exact) mass is 382 g/mol. The number of fused-ring (bicyclic) bond motifs is 1. The van der Waals surface area contributed by atoms with E-state index in [0.29, 0.717) is 17.8 Å². The molecule has 1 N–H and O–H groups in total. The number of hydrogen-bond donors (Lipinski definition) is 2. The number of furan rings is 1. The topological polar surface area (TPSA) is 62.6 Å². The van der Waals surface area contributed by atoms with Gasteiger partial charge in [-0.1, -0.05) is 26.0 Å². The lowest BCUT2D eigenvalue weighted by Gasteiger charge is -2.35. The number of amides is 1. The first-order valence-corrected chi connectivity index (χ1v) is 9.63. The van der Waals surface area contributed by atoms with Crippen LogP contribution < -0.4 is 10.2 Å². The molecule has 6 heteroatoms. The zero-order valence-corrected chi connectivity index (χ0v) is 16.3. The first-order valence-electron chi connectivity index (χ1n) is 9.00. The SMILES string of the molecule is CC1(C)CC(=O)C2=C(C1)Nc1ccccc1N(C(=O)CS)C2c1ccco1. The number of thiol groups is 1. The highest BCUT2D eigenvalue weighted by molar-refractivity contribution is 7.81. The average Bonchev–Trinajstić information content (AvgIpc) is 3.09. The molecular weight excluding hydrogens is 360 g/mol. The highest BCUT2D eigenvalue weighted by Gasteiger charge is 2.43. The Kier molecular flexibility index (Phi) is 4.38. The molecule has 0 spiro atoms. The summed E-state index contributed by atoms with van der Waals surface area (Å²) < 4.78 is 5.68. The molecule has 1 aliphatic carbocycles. The summed E-state index contributed by atoms with van der Waals surface area (Å²) in [5.41, 5.74) is 2.85. The summed E-state index contributed by atoms with van der Waals surface area (Å²) in [6.07, 6.45) is 2.73. The summed E-state index contributed by atoms with van der Waals surface area (Å²) in [7, 11) is 0. The summed E-state index contributed by atoms with van der Waals surface area (Å²) in [5.74, 6) is 0.470. The molecule has 1 aromatic carbocycles. The minimum atomic E-state index is -0.602. The van der Waals surface area contributed by atoms with Gasteiger partial charge in [-0.15, -0.1) is 0 Å². The summed E-state index contributed by atoms with van der Waals surface area (Å²) in [5, 5.41) is 3.45. The van der Waals surface area contributed by atoms with Crippen molar-refractivity contribution in [2.75, 3.05) is 16.0 Å². The molecule has 1 atom stereocenters. The molecule has 140 valence electrons. The Hall–Kier alpha value is -2.47. The van der Waals surface area contributed by atoms with Gasteiger partial charge in [-0.25, -0.2) is 0 Å². The van der Waals surface area contributed by atoms with Crippen LogP contribution in [0.2, 0.25) is 0 Å². The molecule has 4 rings (SSSR count). The van der Waals surface area contributed by atoms with Gasteiger partial charge in [-0.2, -0.15) is 12.6 Å². The molecule has 0 radical (unpaired) electrons. The number of rotatable bonds is 2. The van der Waals surface area contributed by atoms with E-state index in [9.17, 15) is 9.59 Å². The van der Waals surface area contributed by atoms with Crippen molar-refractivity contribution in [3.8, 4) is 0 Å². The van der Waals surface area contributed by atoms with E-state index >= 15 is 0 Å². The van der Waals surface area contributed by atoms with Gasteiger partial charge in [0.25, 0.3) is 0 Å². The van der Waals surface area contributed by atoms with E-state index in [4.69, 9.17) is 4.42 Å². The second kappa shape index (κ2) is 6.60. The van der Waals surface area contributed by atoms with Gasteiger partial charge < -0.3 is 9.73 Å². The quantitative estimate of drug-likeness (QED) is 0.758. The Morgan fingerprint density at radius 1 is 1.26 bits per heavy atom. The van der Waals surface area contributed by atoms with E-state index < -0.39 is 6.04 Å². The molecule has 1 unspecified atom stereocenters. The minimum Gasteiger partial charge on any atom is -0.467 e. The Balaban J connectivity index is 2.00. The molecule has 27 heavy (non-hydrogen) atoms. The molecule has 1 aromatic heterocycles. The van der Waals surface area contributed by atoms with E-state index in [1.165, 1.54) is 0 Å². The number of ketones is 1. The van der Waals surface area contributed by atoms with Gasteiger partial charge >= 0.3 is 0 Å². The molecule has 1 aliphatic heterocycles. The lowest BCUT2D eigenvalue weighted by molar-refractivity contribution is -0.118. The number of para-hydroxylation sites is 2. The normalized spacial score (nSPS) is 21.2. The Morgan fingerprint density at radius 2 is 2.04 bits per heavy atom. The predicted molar refractivity (Wildman–Crippen MR) is 108 cm³/mol. The lowest BCUT2D eigenvalue weighted by Crippen LogP contribution is -2.40. The fourth-order valence-corrected chi connectivity index (χ4v) is 4.21. The number of carbonyl (C=O) groups is 2. The smallest absolute Gasteiger partial charge is 0.237 e. The number of nitrogens with zero attached hydrogens (tertiary/aromatic N) is 1. The number of hydrogen-bond acceptors (Lipinski definition) is 5. The third-order valence-corrected chi connectivity index (χ3v) is 5.39. The number of Topliss-reactive ketones (excluding diaryl/α,β-unsaturated/α-hetero) is 1. The van der Waals surface area contributed by atoms with Crippen LogP contribution in [0.1, 0.15) is 38.5 Å². The molecule has 0 saturated carbocycles. The predicted octanol–water partition coefficient (Wildman–Crippen LogP) is 4.35. The molecule has 5 nitrogen and oxygen atoms in total. The maximum Gasteiger partial charge on any atom is 0.237 e. The number of anilines is 2. The lowest BCUT2D eigenvalue weighted by atomic mass is 9.74. The van der Waals surface area contributed by atoms with Gasteiger partial charge in [-0.3, -0.25) is 14.5 Å². The van der Waals surface area contributed by atoms with Crippen molar-refractivity contribution >= 4 is 35.7 Å². The van der Waals surface area contributed by atoms with E-state index in [0.717, 1.165) is 23.5 Å². The first kappa shape index (κ1) is 17.9. The second-order valence-electron chi connectivity index (χ2n) is 7.82. The molecular formula is C21H22N2O3S. The molecule has 0 fully saturated rings. The first-order chi connectivity index (χ1) is 12.9. The van der Waals surface area contributed by atoms with Crippen LogP contribution in [0, 0.1) is 5.41 Å². The van der Waals surface area contributed by atoms with Crippen molar-refractivity contribution in [1.29, 1.82) is 0 Å². The standard InChI is InChI=1S/C21H22N2O3S/c1-21(2)10-14-19(16(24)11-21)20(17-8-5-9-26-17)23(18(25)12-27)15-7-4-3-6-13(15)22-14/h3-9,20,22,27H,10-12H2,1-2H3.